The lowest BCUT2D eigenvalue weighted by molar-refractivity contribution is -0.356. The van der Waals surface area contributed by atoms with Gasteiger partial charge < -0.3 is 18.9 Å². The Hall–Kier alpha value is -1.92. The number of fused-ring (bicyclic) bond motifs is 6. The van der Waals surface area contributed by atoms with Gasteiger partial charge in [-0.05, 0) is 37.3 Å². The van der Waals surface area contributed by atoms with Gasteiger partial charge in [0.2, 0.25) is 0 Å². The average molecular weight is 443 g/mol. The molecule has 1 aromatic carbocycles. The number of hydrogen-bond donors (Lipinski definition) is 0. The molecule has 2 aliphatic carbocycles. The molecule has 0 radical (unpaired) electrons. The first kappa shape index (κ1) is 21.9. The summed E-state index contributed by atoms with van der Waals surface area (Å²) >= 11 is 0. The molecule has 0 N–H and O–H groups in total. The second-order valence-electron chi connectivity index (χ2n) is 10.8. The van der Waals surface area contributed by atoms with E-state index in [0.717, 1.165) is 31.2 Å². The number of ether oxygens (including phenoxy) is 4. The number of carbonyl (C=O) groups excluding carboxylic acids is 2. The van der Waals surface area contributed by atoms with Crippen molar-refractivity contribution in [3.8, 4) is 5.75 Å². The second-order valence-corrected chi connectivity index (χ2v) is 10.8. The van der Waals surface area contributed by atoms with Crippen LogP contribution in [0.25, 0.3) is 0 Å². The van der Waals surface area contributed by atoms with Crippen molar-refractivity contribution in [1.29, 1.82) is 0 Å². The van der Waals surface area contributed by atoms with Gasteiger partial charge in [-0.2, -0.15) is 0 Å². The molecular formula is C26H34O6. The van der Waals surface area contributed by atoms with Crippen LogP contribution in [0.1, 0.15) is 70.8 Å². The van der Waals surface area contributed by atoms with Crippen LogP contribution < -0.4 is 4.74 Å². The minimum Gasteiger partial charge on any atom is -0.466 e. The topological polar surface area (TPSA) is 71.1 Å². The van der Waals surface area contributed by atoms with Gasteiger partial charge in [0.15, 0.2) is 5.79 Å². The van der Waals surface area contributed by atoms with Crippen LogP contribution in [0.3, 0.4) is 0 Å². The molecule has 4 aliphatic rings. The lowest BCUT2D eigenvalue weighted by Crippen LogP contribution is -2.66. The Morgan fingerprint density at radius 1 is 1.09 bits per heavy atom. The monoisotopic (exact) mass is 442 g/mol. The maximum Gasteiger partial charge on any atom is 0.319 e. The maximum absolute atomic E-state index is 13.8. The summed E-state index contributed by atoms with van der Waals surface area (Å²) in [5.74, 6) is -0.989. The van der Waals surface area contributed by atoms with Crippen LogP contribution >= 0.6 is 0 Å². The van der Waals surface area contributed by atoms with E-state index < -0.39 is 11.2 Å². The number of benzene rings is 1. The number of rotatable bonds is 3. The summed E-state index contributed by atoms with van der Waals surface area (Å²) in [6.07, 6.45) is 4.48. The summed E-state index contributed by atoms with van der Waals surface area (Å²) < 4.78 is 24.5. The third-order valence-electron chi connectivity index (χ3n) is 8.14. The Labute approximate surface area is 189 Å². The highest BCUT2D eigenvalue weighted by Gasteiger charge is 2.68. The first-order valence-corrected chi connectivity index (χ1v) is 12.1. The zero-order chi connectivity index (χ0) is 22.6. The summed E-state index contributed by atoms with van der Waals surface area (Å²) in [6, 6.07) is 7.71. The molecule has 6 nitrogen and oxygen atoms in total. The van der Waals surface area contributed by atoms with E-state index in [-0.39, 0.29) is 41.5 Å². The summed E-state index contributed by atoms with van der Waals surface area (Å²) in [6.45, 7) is 7.65. The zero-order valence-electron chi connectivity index (χ0n) is 19.4. The van der Waals surface area contributed by atoms with Crippen LogP contribution in [-0.2, 0) is 23.8 Å². The molecule has 4 unspecified atom stereocenters. The van der Waals surface area contributed by atoms with Crippen LogP contribution in [0.15, 0.2) is 24.3 Å². The van der Waals surface area contributed by atoms with Gasteiger partial charge in [0.1, 0.15) is 5.75 Å². The molecule has 4 atom stereocenters. The molecule has 2 aliphatic heterocycles. The fourth-order valence-corrected chi connectivity index (χ4v) is 6.72. The third kappa shape index (κ3) is 3.29. The molecule has 0 amide bonds. The highest BCUT2D eigenvalue weighted by Crippen LogP contribution is 2.66. The lowest BCUT2D eigenvalue weighted by atomic mass is 9.48. The van der Waals surface area contributed by atoms with Gasteiger partial charge in [-0.1, -0.05) is 44.9 Å². The Bertz CT molecular complexity index is 897. The highest BCUT2D eigenvalue weighted by molar-refractivity contribution is 5.88. The Balaban J connectivity index is 1.64. The predicted octanol–water partition coefficient (Wildman–Crippen LogP) is 4.61. The molecule has 2 saturated carbocycles. The third-order valence-corrected chi connectivity index (χ3v) is 8.14. The molecule has 1 spiro atoms. The van der Waals surface area contributed by atoms with Gasteiger partial charge in [0.25, 0.3) is 0 Å². The smallest absolute Gasteiger partial charge is 0.319 e. The molecule has 3 fully saturated rings. The zero-order valence-corrected chi connectivity index (χ0v) is 19.4. The summed E-state index contributed by atoms with van der Waals surface area (Å²) in [7, 11) is 0. The van der Waals surface area contributed by atoms with E-state index in [2.05, 4.69) is 13.8 Å². The van der Waals surface area contributed by atoms with Crippen molar-refractivity contribution < 1.29 is 28.5 Å². The van der Waals surface area contributed by atoms with E-state index in [1.165, 1.54) is 0 Å². The molecule has 2 heterocycles. The molecule has 1 aromatic rings. The van der Waals surface area contributed by atoms with Crippen LogP contribution in [0, 0.1) is 22.7 Å². The Morgan fingerprint density at radius 3 is 2.50 bits per heavy atom. The highest BCUT2D eigenvalue weighted by atomic mass is 16.7. The van der Waals surface area contributed by atoms with E-state index in [4.69, 9.17) is 18.9 Å². The van der Waals surface area contributed by atoms with Gasteiger partial charge in [-0.3, -0.25) is 9.59 Å². The fraction of sp³-hybridized carbons (Fsp3) is 0.692. The SMILES string of the molecule is CCOC(=O)CC12C(=O)Oc3ccccc3C1CC1(OCC(C)(C)CO1)C1CCCCC12. The summed E-state index contributed by atoms with van der Waals surface area (Å²) in [4.78, 5) is 26.6. The molecular weight excluding hydrogens is 408 g/mol. The number of hydrogen-bond acceptors (Lipinski definition) is 6. The van der Waals surface area contributed by atoms with Gasteiger partial charge >= 0.3 is 11.9 Å². The largest absolute Gasteiger partial charge is 0.466 e. The molecule has 0 bridgehead atoms. The van der Waals surface area contributed by atoms with Crippen molar-refractivity contribution in [2.45, 2.75) is 71.0 Å². The van der Waals surface area contributed by atoms with E-state index in [1.54, 1.807) is 6.92 Å². The molecule has 1 saturated heterocycles. The number of para-hydroxylation sites is 1. The first-order valence-electron chi connectivity index (χ1n) is 12.1. The van der Waals surface area contributed by atoms with Gasteiger partial charge in [-0.15, -0.1) is 0 Å². The van der Waals surface area contributed by atoms with Gasteiger partial charge in [0.05, 0.1) is 31.7 Å². The first-order chi connectivity index (χ1) is 15.3. The molecule has 174 valence electrons. The Morgan fingerprint density at radius 2 is 1.78 bits per heavy atom. The van der Waals surface area contributed by atoms with E-state index in [9.17, 15) is 9.59 Å². The van der Waals surface area contributed by atoms with Crippen LogP contribution in [0.5, 0.6) is 5.75 Å². The number of carbonyl (C=O) groups is 2. The standard InChI is InChI=1S/C26H34O6/c1-4-29-22(27)14-25-18-10-6-7-11-19(18)26(30-15-24(2,3)16-31-26)13-20(25)17-9-5-8-12-21(17)32-23(25)28/h5,8-9,12,18-20H,4,6-7,10-11,13-16H2,1-3H3. The van der Waals surface area contributed by atoms with E-state index in [1.807, 2.05) is 24.3 Å². The maximum atomic E-state index is 13.8. The average Bonchev–Trinajstić information content (AvgIpc) is 2.78. The van der Waals surface area contributed by atoms with Gasteiger partial charge in [-0.25, -0.2) is 0 Å². The normalized spacial score (nSPS) is 34.6. The van der Waals surface area contributed by atoms with E-state index >= 15 is 0 Å². The van der Waals surface area contributed by atoms with Crippen molar-refractivity contribution in [2.24, 2.45) is 22.7 Å². The minimum atomic E-state index is -0.948. The molecule has 0 aromatic heterocycles. The molecule has 5 rings (SSSR count). The Kier molecular flexibility index (Phi) is 5.37. The van der Waals surface area contributed by atoms with Crippen molar-refractivity contribution in [3.05, 3.63) is 29.8 Å². The molecule has 6 heteroatoms. The van der Waals surface area contributed by atoms with Crippen LogP contribution in [0.2, 0.25) is 0 Å². The van der Waals surface area contributed by atoms with Crippen LogP contribution in [-0.4, -0.2) is 37.5 Å². The van der Waals surface area contributed by atoms with Crippen molar-refractivity contribution >= 4 is 11.9 Å². The van der Waals surface area contributed by atoms with Crippen molar-refractivity contribution in [1.82, 2.24) is 0 Å². The quantitative estimate of drug-likeness (QED) is 0.503. The summed E-state index contributed by atoms with van der Waals surface area (Å²) in [5.41, 5.74) is -0.0219. The second kappa shape index (κ2) is 7.84. The van der Waals surface area contributed by atoms with Gasteiger partial charge in [0, 0.05) is 23.7 Å². The predicted molar refractivity (Wildman–Crippen MR) is 117 cm³/mol. The molecule has 32 heavy (non-hydrogen) atoms. The van der Waals surface area contributed by atoms with E-state index in [0.29, 0.717) is 32.0 Å². The van der Waals surface area contributed by atoms with Crippen molar-refractivity contribution in [2.75, 3.05) is 19.8 Å². The van der Waals surface area contributed by atoms with Crippen molar-refractivity contribution in [3.63, 3.8) is 0 Å². The van der Waals surface area contributed by atoms with Crippen LogP contribution in [0.4, 0.5) is 0 Å². The minimum absolute atomic E-state index is 0.0431. The fourth-order valence-electron chi connectivity index (χ4n) is 6.72. The number of esters is 2. The summed E-state index contributed by atoms with van der Waals surface area (Å²) in [5, 5.41) is 0. The lowest BCUT2D eigenvalue weighted by Gasteiger charge is -2.62.